The smallest absolute Gasteiger partial charge is 0.354 e. The van der Waals surface area contributed by atoms with E-state index in [-0.39, 0.29) is 0 Å². The van der Waals surface area contributed by atoms with Crippen molar-refractivity contribution in [2.75, 3.05) is 7.11 Å². The summed E-state index contributed by atoms with van der Waals surface area (Å²) in [5.74, 6) is -0.772. The van der Waals surface area contributed by atoms with E-state index in [1.807, 2.05) is 0 Å². The van der Waals surface area contributed by atoms with Crippen molar-refractivity contribution < 1.29 is 9.53 Å². The van der Waals surface area contributed by atoms with Crippen LogP contribution < -0.4 is 0 Å². The summed E-state index contributed by atoms with van der Waals surface area (Å²) in [5.41, 5.74) is 0. The second-order valence-electron chi connectivity index (χ2n) is 1.09. The maximum absolute atomic E-state index is 10.5. The van der Waals surface area contributed by atoms with Gasteiger partial charge in [0.1, 0.15) is 0 Å². The van der Waals surface area contributed by atoms with Gasteiger partial charge in [-0.25, -0.2) is 4.79 Å². The molecule has 9 heavy (non-hydrogen) atoms. The zero-order valence-electron chi connectivity index (χ0n) is 4.36. The molecule has 0 N–H and O–H groups in total. The van der Waals surface area contributed by atoms with Gasteiger partial charge in [-0.3, -0.25) is 0 Å². The normalized spacial score (nSPS) is 11.1. The molecule has 0 saturated heterocycles. The number of carbonyl (C=O) groups excluding carboxylic acids is 1. The predicted octanol–water partition coefficient (Wildman–Crippen LogP) is 2.18. The highest BCUT2D eigenvalue weighted by Gasteiger charge is 2.35. The standard InChI is InChI=1S/C3H3Cl3O2S/c1-8-2(7)3(4,5)9-6/h1H3. The Morgan fingerprint density at radius 2 is 2.11 bits per heavy atom. The van der Waals surface area contributed by atoms with E-state index >= 15 is 0 Å². The molecule has 0 aromatic rings. The summed E-state index contributed by atoms with van der Waals surface area (Å²) in [6.07, 6.45) is 0. The molecule has 0 amide bonds. The number of hydrogen-bond donors (Lipinski definition) is 0. The molecule has 0 aromatic heterocycles. The van der Waals surface area contributed by atoms with Crippen molar-refractivity contribution in [3.63, 3.8) is 0 Å². The molecule has 54 valence electrons. The molecule has 0 bridgehead atoms. The van der Waals surface area contributed by atoms with Crippen LogP contribution in [0.15, 0.2) is 0 Å². The van der Waals surface area contributed by atoms with Crippen molar-refractivity contribution in [3.8, 4) is 0 Å². The Morgan fingerprint density at radius 3 is 2.22 bits per heavy atom. The van der Waals surface area contributed by atoms with Crippen LogP contribution in [0.5, 0.6) is 0 Å². The molecule has 0 atom stereocenters. The molecule has 0 unspecified atom stereocenters. The molecule has 0 spiro atoms. The average Bonchev–Trinajstić information content (AvgIpc) is 1.86. The van der Waals surface area contributed by atoms with Crippen LogP contribution in [0.2, 0.25) is 0 Å². The summed E-state index contributed by atoms with van der Waals surface area (Å²) in [7, 11) is 6.78. The van der Waals surface area contributed by atoms with E-state index in [9.17, 15) is 4.79 Å². The third kappa shape index (κ3) is 2.85. The van der Waals surface area contributed by atoms with Crippen molar-refractivity contribution in [3.05, 3.63) is 0 Å². The van der Waals surface area contributed by atoms with Crippen LogP contribution in [0, 0.1) is 0 Å². The SMILES string of the molecule is COC(=O)C(Cl)(Cl)SCl. The van der Waals surface area contributed by atoms with Gasteiger partial charge in [-0.05, 0) is 21.7 Å². The zero-order chi connectivity index (χ0) is 7.49. The van der Waals surface area contributed by atoms with E-state index in [0.717, 1.165) is 0 Å². The van der Waals surface area contributed by atoms with Gasteiger partial charge in [0.25, 0.3) is 3.67 Å². The molecule has 0 aromatic carbocycles. The fraction of sp³-hybridized carbons (Fsp3) is 0.667. The number of esters is 1. The number of halogens is 3. The fourth-order valence-corrected chi connectivity index (χ4v) is 0.640. The lowest BCUT2D eigenvalue weighted by Gasteiger charge is -2.09. The molecule has 0 aliphatic carbocycles. The summed E-state index contributed by atoms with van der Waals surface area (Å²) in [4.78, 5) is 10.5. The molecule has 0 aliphatic rings. The summed E-state index contributed by atoms with van der Waals surface area (Å²) in [5, 5.41) is 0. The Labute approximate surface area is 71.3 Å². The number of methoxy groups -OCH3 is 1. The summed E-state index contributed by atoms with van der Waals surface area (Å²) >= 11 is 10.6. The number of ether oxygens (including phenoxy) is 1. The highest BCUT2D eigenvalue weighted by atomic mass is 35.7. The van der Waals surface area contributed by atoms with Gasteiger partial charge in [-0.1, -0.05) is 23.2 Å². The van der Waals surface area contributed by atoms with E-state index in [4.69, 9.17) is 33.9 Å². The third-order valence-corrected chi connectivity index (χ3v) is 2.82. The molecule has 0 saturated carbocycles. The Morgan fingerprint density at radius 1 is 1.67 bits per heavy atom. The first-order chi connectivity index (χ1) is 4.04. The van der Waals surface area contributed by atoms with Crippen LogP contribution in [0.25, 0.3) is 0 Å². The van der Waals surface area contributed by atoms with Gasteiger partial charge < -0.3 is 4.74 Å². The van der Waals surface area contributed by atoms with E-state index in [1.165, 1.54) is 7.11 Å². The second kappa shape index (κ2) is 3.76. The largest absolute Gasteiger partial charge is 0.466 e. The molecule has 6 heteroatoms. The predicted molar refractivity (Wildman–Crippen MR) is 39.9 cm³/mol. The van der Waals surface area contributed by atoms with Gasteiger partial charge in [0, 0.05) is 0 Å². The van der Waals surface area contributed by atoms with Gasteiger partial charge in [-0.2, -0.15) is 0 Å². The summed E-state index contributed by atoms with van der Waals surface area (Å²) in [6.45, 7) is 0. The number of hydrogen-bond acceptors (Lipinski definition) is 3. The van der Waals surface area contributed by atoms with Crippen molar-refractivity contribution in [1.82, 2.24) is 0 Å². The lowest BCUT2D eigenvalue weighted by atomic mass is 10.8. The van der Waals surface area contributed by atoms with E-state index in [1.54, 1.807) is 0 Å². The Kier molecular flexibility index (Phi) is 4.05. The number of carbonyl (C=O) groups is 1. The minimum atomic E-state index is -1.68. The van der Waals surface area contributed by atoms with Crippen molar-refractivity contribution in [2.24, 2.45) is 0 Å². The van der Waals surface area contributed by atoms with Crippen LogP contribution >= 0.6 is 44.9 Å². The maximum atomic E-state index is 10.5. The quantitative estimate of drug-likeness (QED) is 0.515. The first-order valence-electron chi connectivity index (χ1n) is 1.80. The average molecular weight is 209 g/mol. The Hall–Kier alpha value is 0.690. The number of rotatable bonds is 2. The van der Waals surface area contributed by atoms with Crippen LogP contribution in [0.3, 0.4) is 0 Å². The van der Waals surface area contributed by atoms with E-state index in [2.05, 4.69) is 4.74 Å². The van der Waals surface area contributed by atoms with Crippen LogP contribution in [-0.2, 0) is 9.53 Å². The van der Waals surface area contributed by atoms with Crippen molar-refractivity contribution in [1.29, 1.82) is 0 Å². The van der Waals surface area contributed by atoms with Crippen LogP contribution in [-0.4, -0.2) is 16.7 Å². The Balaban J connectivity index is 3.97. The fourth-order valence-electron chi connectivity index (χ4n) is 0.150. The van der Waals surface area contributed by atoms with Crippen molar-refractivity contribution in [2.45, 2.75) is 3.67 Å². The lowest BCUT2D eigenvalue weighted by molar-refractivity contribution is -0.139. The van der Waals surface area contributed by atoms with Gasteiger partial charge >= 0.3 is 5.97 Å². The highest BCUT2D eigenvalue weighted by Crippen LogP contribution is 2.38. The van der Waals surface area contributed by atoms with Gasteiger partial charge in [0.05, 0.1) is 7.11 Å². The molecular formula is C3H3Cl3O2S. The molecule has 0 rings (SSSR count). The summed E-state index contributed by atoms with van der Waals surface area (Å²) < 4.78 is 2.51. The van der Waals surface area contributed by atoms with E-state index < -0.39 is 9.63 Å². The summed E-state index contributed by atoms with van der Waals surface area (Å²) in [6, 6.07) is 0. The molecule has 2 nitrogen and oxygen atoms in total. The van der Waals surface area contributed by atoms with E-state index in [0.29, 0.717) is 11.0 Å². The Bertz CT molecular complexity index is 116. The number of alkyl halides is 2. The van der Waals surface area contributed by atoms with Gasteiger partial charge in [0.2, 0.25) is 0 Å². The lowest BCUT2D eigenvalue weighted by Crippen LogP contribution is -2.21. The monoisotopic (exact) mass is 208 g/mol. The van der Waals surface area contributed by atoms with Gasteiger partial charge in [-0.15, -0.1) is 0 Å². The van der Waals surface area contributed by atoms with Gasteiger partial charge in [0.15, 0.2) is 0 Å². The molecule has 0 radical (unpaired) electrons. The minimum Gasteiger partial charge on any atom is -0.466 e. The first kappa shape index (κ1) is 9.69. The molecular weight excluding hydrogens is 206 g/mol. The molecule has 0 fully saturated rings. The first-order valence-corrected chi connectivity index (χ1v) is 4.20. The topological polar surface area (TPSA) is 26.3 Å². The van der Waals surface area contributed by atoms with Crippen LogP contribution in [0.1, 0.15) is 0 Å². The highest BCUT2D eigenvalue weighted by molar-refractivity contribution is 8.24. The third-order valence-electron chi connectivity index (χ3n) is 0.520. The molecule has 0 heterocycles. The minimum absolute atomic E-state index is 0.488. The second-order valence-corrected chi connectivity index (χ2v) is 4.09. The maximum Gasteiger partial charge on any atom is 0.354 e. The van der Waals surface area contributed by atoms with Crippen molar-refractivity contribution >= 4 is 50.8 Å². The van der Waals surface area contributed by atoms with Crippen LogP contribution in [0.4, 0.5) is 0 Å². The zero-order valence-corrected chi connectivity index (χ0v) is 7.44. The molecule has 0 aliphatic heterocycles.